The van der Waals surface area contributed by atoms with Gasteiger partial charge in [0, 0.05) is 38.6 Å². The molecule has 1 aromatic heterocycles. The van der Waals surface area contributed by atoms with E-state index in [1.54, 1.807) is 11.1 Å². The molecule has 1 saturated carbocycles. The molecule has 1 amide bonds. The van der Waals surface area contributed by atoms with Crippen LogP contribution in [-0.4, -0.2) is 51.1 Å². The molecule has 25 heavy (non-hydrogen) atoms. The third-order valence-electron chi connectivity index (χ3n) is 6.36. The van der Waals surface area contributed by atoms with Crippen LogP contribution in [0.4, 0.5) is 0 Å². The summed E-state index contributed by atoms with van der Waals surface area (Å²) in [6, 6.07) is 0. The first-order chi connectivity index (χ1) is 12.1. The van der Waals surface area contributed by atoms with Gasteiger partial charge in [-0.05, 0) is 32.1 Å². The molecule has 4 atom stereocenters. The first-order valence-electron chi connectivity index (χ1n) is 9.21. The van der Waals surface area contributed by atoms with Crippen molar-refractivity contribution < 1.29 is 19.4 Å². The fourth-order valence-corrected chi connectivity index (χ4v) is 4.98. The lowest BCUT2D eigenvalue weighted by Gasteiger charge is -2.26. The van der Waals surface area contributed by atoms with Crippen LogP contribution in [0.1, 0.15) is 44.5 Å². The van der Waals surface area contributed by atoms with E-state index in [4.69, 9.17) is 4.74 Å². The van der Waals surface area contributed by atoms with Gasteiger partial charge in [0.25, 0.3) is 0 Å². The Hall–Kier alpha value is -1.89. The molecule has 0 radical (unpaired) electrons. The zero-order valence-electron chi connectivity index (χ0n) is 14.6. The Morgan fingerprint density at radius 2 is 2.28 bits per heavy atom. The summed E-state index contributed by atoms with van der Waals surface area (Å²) in [7, 11) is 0. The standard InChI is InChI=1S/C18H25N3O4/c1-2-20-8-7-19-15(20)14-13(5-9-25-14)16(22)21-10-12-4-3-6-18(12,11-21)17(23)24/h7-8,12-14H,2-6,9-11H2,1H3,(H,23,24)/t12-,13+,14+,18+/m0/s1. The van der Waals surface area contributed by atoms with Gasteiger partial charge in [-0.1, -0.05) is 6.42 Å². The van der Waals surface area contributed by atoms with E-state index in [-0.39, 0.29) is 23.8 Å². The molecule has 0 unspecified atom stereocenters. The van der Waals surface area contributed by atoms with Crippen LogP contribution in [0, 0.1) is 17.3 Å². The Bertz CT molecular complexity index is 688. The molecule has 1 N–H and O–H groups in total. The molecule has 2 saturated heterocycles. The minimum absolute atomic E-state index is 0.0307. The summed E-state index contributed by atoms with van der Waals surface area (Å²) in [4.78, 5) is 31.2. The predicted octanol–water partition coefficient (Wildman–Crippen LogP) is 1.69. The van der Waals surface area contributed by atoms with Crippen molar-refractivity contribution in [2.24, 2.45) is 17.3 Å². The van der Waals surface area contributed by atoms with Gasteiger partial charge in [0.05, 0.1) is 11.3 Å². The number of hydrogen-bond acceptors (Lipinski definition) is 4. The molecule has 136 valence electrons. The zero-order valence-corrected chi connectivity index (χ0v) is 14.6. The Kier molecular flexibility index (Phi) is 4.06. The van der Waals surface area contributed by atoms with Gasteiger partial charge in [0.2, 0.25) is 5.91 Å². The highest BCUT2D eigenvalue weighted by Gasteiger charge is 2.56. The Morgan fingerprint density at radius 1 is 1.44 bits per heavy atom. The van der Waals surface area contributed by atoms with Gasteiger partial charge in [-0.15, -0.1) is 0 Å². The number of carbonyl (C=O) groups is 2. The number of fused-ring (bicyclic) bond motifs is 1. The molecule has 3 heterocycles. The Balaban J connectivity index is 1.54. The van der Waals surface area contributed by atoms with Crippen LogP contribution < -0.4 is 0 Å². The van der Waals surface area contributed by atoms with Crippen LogP contribution in [0.25, 0.3) is 0 Å². The number of nitrogens with zero attached hydrogens (tertiary/aromatic N) is 3. The highest BCUT2D eigenvalue weighted by molar-refractivity contribution is 5.83. The Labute approximate surface area is 147 Å². The number of aryl methyl sites for hydroxylation is 1. The summed E-state index contributed by atoms with van der Waals surface area (Å²) in [5.41, 5.74) is -0.730. The molecule has 3 aliphatic rings. The van der Waals surface area contributed by atoms with Crippen molar-refractivity contribution in [3.8, 4) is 0 Å². The third kappa shape index (κ3) is 2.47. The number of rotatable bonds is 4. The van der Waals surface area contributed by atoms with Crippen molar-refractivity contribution in [3.05, 3.63) is 18.2 Å². The summed E-state index contributed by atoms with van der Waals surface area (Å²) < 4.78 is 7.86. The number of carboxylic acid groups (broad SMARTS) is 1. The second kappa shape index (κ2) is 6.12. The molecule has 7 heteroatoms. The van der Waals surface area contributed by atoms with Gasteiger partial charge in [-0.3, -0.25) is 9.59 Å². The second-order valence-electron chi connectivity index (χ2n) is 7.53. The van der Waals surface area contributed by atoms with Crippen molar-refractivity contribution in [3.63, 3.8) is 0 Å². The number of hydrogen-bond donors (Lipinski definition) is 1. The molecular weight excluding hydrogens is 322 g/mol. The smallest absolute Gasteiger partial charge is 0.311 e. The highest BCUT2D eigenvalue weighted by Crippen LogP contribution is 2.49. The fraction of sp³-hybridized carbons (Fsp3) is 0.722. The van der Waals surface area contributed by atoms with E-state index >= 15 is 0 Å². The number of carbonyl (C=O) groups excluding carboxylic acids is 1. The molecule has 7 nitrogen and oxygen atoms in total. The maximum atomic E-state index is 13.2. The van der Waals surface area contributed by atoms with E-state index in [9.17, 15) is 14.7 Å². The van der Waals surface area contributed by atoms with Crippen molar-refractivity contribution in [1.29, 1.82) is 0 Å². The van der Waals surface area contributed by atoms with Gasteiger partial charge in [-0.2, -0.15) is 0 Å². The lowest BCUT2D eigenvalue weighted by atomic mass is 9.81. The fourth-order valence-electron chi connectivity index (χ4n) is 4.98. The number of carboxylic acids is 1. The molecule has 0 aromatic carbocycles. The SMILES string of the molecule is CCn1ccnc1[C@@H]1OCC[C@H]1C(=O)N1C[C@@H]2CCC[C@@]2(C(=O)O)C1. The quantitative estimate of drug-likeness (QED) is 0.896. The molecule has 1 aromatic rings. The first kappa shape index (κ1) is 16.6. The average molecular weight is 347 g/mol. The number of ether oxygens (including phenoxy) is 1. The van der Waals surface area contributed by atoms with Crippen LogP contribution in [0.3, 0.4) is 0 Å². The van der Waals surface area contributed by atoms with Crippen LogP contribution in [0.2, 0.25) is 0 Å². The van der Waals surface area contributed by atoms with Crippen LogP contribution >= 0.6 is 0 Å². The molecule has 3 fully saturated rings. The molecular formula is C18H25N3O4. The van der Waals surface area contributed by atoms with Gasteiger partial charge in [-0.25, -0.2) is 4.98 Å². The highest BCUT2D eigenvalue weighted by atomic mass is 16.5. The van der Waals surface area contributed by atoms with Crippen molar-refractivity contribution >= 4 is 11.9 Å². The second-order valence-corrected chi connectivity index (χ2v) is 7.53. The molecule has 1 aliphatic carbocycles. The predicted molar refractivity (Wildman–Crippen MR) is 88.7 cm³/mol. The molecule has 0 spiro atoms. The van der Waals surface area contributed by atoms with E-state index in [1.807, 2.05) is 17.7 Å². The van der Waals surface area contributed by atoms with E-state index < -0.39 is 11.4 Å². The van der Waals surface area contributed by atoms with Crippen molar-refractivity contribution in [2.75, 3.05) is 19.7 Å². The summed E-state index contributed by atoms with van der Waals surface area (Å²) in [6.07, 6.45) is 6.51. The normalized spacial score (nSPS) is 34.4. The summed E-state index contributed by atoms with van der Waals surface area (Å²) >= 11 is 0. The van der Waals surface area contributed by atoms with E-state index in [2.05, 4.69) is 4.98 Å². The number of likely N-dealkylation sites (tertiary alicyclic amines) is 1. The Morgan fingerprint density at radius 3 is 3.00 bits per heavy atom. The van der Waals surface area contributed by atoms with Gasteiger partial charge in [0.1, 0.15) is 11.9 Å². The van der Waals surface area contributed by atoms with Crippen LogP contribution in [0.15, 0.2) is 12.4 Å². The molecule has 4 rings (SSSR count). The minimum atomic E-state index is -0.744. The maximum Gasteiger partial charge on any atom is 0.311 e. The van der Waals surface area contributed by atoms with E-state index in [0.29, 0.717) is 32.5 Å². The number of amides is 1. The monoisotopic (exact) mass is 347 g/mol. The zero-order chi connectivity index (χ0) is 17.6. The van der Waals surface area contributed by atoms with E-state index in [1.165, 1.54) is 0 Å². The third-order valence-corrected chi connectivity index (χ3v) is 6.36. The lowest BCUT2D eigenvalue weighted by molar-refractivity contribution is -0.149. The van der Waals surface area contributed by atoms with Crippen LogP contribution in [-0.2, 0) is 20.9 Å². The summed E-state index contributed by atoms with van der Waals surface area (Å²) in [6.45, 7) is 4.27. The number of imidazole rings is 1. The summed E-state index contributed by atoms with van der Waals surface area (Å²) in [5.74, 6) is -0.0929. The van der Waals surface area contributed by atoms with Crippen molar-refractivity contribution in [1.82, 2.24) is 14.5 Å². The molecule has 0 bridgehead atoms. The minimum Gasteiger partial charge on any atom is -0.481 e. The average Bonchev–Trinajstić information content (AvgIpc) is 3.33. The lowest BCUT2D eigenvalue weighted by Crippen LogP contribution is -2.40. The van der Waals surface area contributed by atoms with Crippen molar-refractivity contribution in [2.45, 2.75) is 45.3 Å². The maximum absolute atomic E-state index is 13.2. The van der Waals surface area contributed by atoms with Gasteiger partial charge >= 0.3 is 5.97 Å². The molecule has 2 aliphatic heterocycles. The number of aromatic nitrogens is 2. The largest absolute Gasteiger partial charge is 0.481 e. The summed E-state index contributed by atoms with van der Waals surface area (Å²) in [5, 5.41) is 9.73. The van der Waals surface area contributed by atoms with Gasteiger partial charge in [0.15, 0.2) is 0 Å². The first-order valence-corrected chi connectivity index (χ1v) is 9.21. The topological polar surface area (TPSA) is 84.7 Å². The van der Waals surface area contributed by atoms with Crippen LogP contribution in [0.5, 0.6) is 0 Å². The van der Waals surface area contributed by atoms with E-state index in [0.717, 1.165) is 25.2 Å². The van der Waals surface area contributed by atoms with Gasteiger partial charge < -0.3 is 19.3 Å². The number of aliphatic carboxylic acids is 1.